The van der Waals surface area contributed by atoms with E-state index in [-0.39, 0.29) is 16.0 Å². The second-order valence-corrected chi connectivity index (χ2v) is 5.82. The number of aromatic nitrogens is 2. The molecule has 1 N–H and O–H groups in total. The molecule has 16 heavy (non-hydrogen) atoms. The van der Waals surface area contributed by atoms with E-state index in [1.165, 1.54) is 0 Å². The standard InChI is InChI=1S/C7H7Cl2N3O3S/c1-16(14,15)2-4(13)12-7-5(8)6(9)10-3-11-7/h3H,2H2,1H3,(H,10,11,12,13). The van der Waals surface area contributed by atoms with Gasteiger partial charge in [-0.2, -0.15) is 0 Å². The van der Waals surface area contributed by atoms with Gasteiger partial charge in [-0.15, -0.1) is 0 Å². The monoisotopic (exact) mass is 283 g/mol. The number of carbonyl (C=O) groups is 1. The topological polar surface area (TPSA) is 89.0 Å². The second-order valence-electron chi connectivity index (χ2n) is 2.95. The summed E-state index contributed by atoms with van der Waals surface area (Å²) < 4.78 is 21.7. The fraction of sp³-hybridized carbons (Fsp3) is 0.286. The lowest BCUT2D eigenvalue weighted by Gasteiger charge is -2.05. The van der Waals surface area contributed by atoms with E-state index in [1.807, 2.05) is 0 Å². The van der Waals surface area contributed by atoms with Crippen molar-refractivity contribution >= 4 is 44.8 Å². The molecule has 0 fully saturated rings. The molecule has 0 aliphatic carbocycles. The van der Waals surface area contributed by atoms with E-state index >= 15 is 0 Å². The number of amides is 1. The summed E-state index contributed by atoms with van der Waals surface area (Å²) in [5.41, 5.74) is 0. The third-order valence-corrected chi connectivity index (χ3v) is 2.93. The van der Waals surface area contributed by atoms with Crippen LogP contribution in [0.5, 0.6) is 0 Å². The molecule has 0 aliphatic heterocycles. The molecule has 0 saturated carbocycles. The predicted octanol–water partition coefficient (Wildman–Crippen LogP) is 0.767. The van der Waals surface area contributed by atoms with Crippen LogP contribution in [0.1, 0.15) is 0 Å². The molecule has 0 bridgehead atoms. The van der Waals surface area contributed by atoms with Crippen molar-refractivity contribution in [2.24, 2.45) is 0 Å². The Morgan fingerprint density at radius 3 is 2.62 bits per heavy atom. The lowest BCUT2D eigenvalue weighted by Crippen LogP contribution is -2.22. The Kier molecular flexibility index (Phi) is 4.06. The van der Waals surface area contributed by atoms with Crippen LogP contribution in [0, 0.1) is 0 Å². The van der Waals surface area contributed by atoms with Crippen LogP contribution < -0.4 is 5.32 Å². The maximum atomic E-state index is 11.2. The van der Waals surface area contributed by atoms with Crippen LogP contribution in [-0.2, 0) is 14.6 Å². The summed E-state index contributed by atoms with van der Waals surface area (Å²) >= 11 is 11.3. The summed E-state index contributed by atoms with van der Waals surface area (Å²) in [6.07, 6.45) is 2.05. The van der Waals surface area contributed by atoms with Crippen molar-refractivity contribution in [2.75, 3.05) is 17.3 Å². The highest BCUT2D eigenvalue weighted by molar-refractivity contribution is 7.91. The highest BCUT2D eigenvalue weighted by atomic mass is 35.5. The summed E-state index contributed by atoms with van der Waals surface area (Å²) in [7, 11) is -3.40. The first-order valence-corrected chi connectivity index (χ1v) is 6.75. The third-order valence-electron chi connectivity index (χ3n) is 1.40. The van der Waals surface area contributed by atoms with Crippen LogP contribution in [0.2, 0.25) is 10.2 Å². The lowest BCUT2D eigenvalue weighted by atomic mass is 10.5. The number of anilines is 1. The molecular formula is C7H7Cl2N3O3S. The fourth-order valence-corrected chi connectivity index (χ4v) is 1.67. The lowest BCUT2D eigenvalue weighted by molar-refractivity contribution is -0.113. The van der Waals surface area contributed by atoms with Crippen LogP contribution in [0.15, 0.2) is 6.33 Å². The van der Waals surface area contributed by atoms with Crippen molar-refractivity contribution < 1.29 is 13.2 Å². The molecule has 1 rings (SSSR count). The van der Waals surface area contributed by atoms with Crippen molar-refractivity contribution in [1.82, 2.24) is 9.97 Å². The summed E-state index contributed by atoms with van der Waals surface area (Å²) in [6.45, 7) is 0. The zero-order chi connectivity index (χ0) is 12.3. The Morgan fingerprint density at radius 1 is 1.44 bits per heavy atom. The molecule has 6 nitrogen and oxygen atoms in total. The van der Waals surface area contributed by atoms with Crippen LogP contribution in [0.4, 0.5) is 5.82 Å². The van der Waals surface area contributed by atoms with Crippen LogP contribution >= 0.6 is 23.2 Å². The van der Waals surface area contributed by atoms with Gasteiger partial charge in [-0.25, -0.2) is 18.4 Å². The zero-order valence-corrected chi connectivity index (χ0v) is 10.4. The number of hydrogen-bond donors (Lipinski definition) is 1. The van der Waals surface area contributed by atoms with Gasteiger partial charge >= 0.3 is 0 Å². The van der Waals surface area contributed by atoms with E-state index in [4.69, 9.17) is 23.2 Å². The van der Waals surface area contributed by atoms with Gasteiger partial charge in [0.2, 0.25) is 5.91 Å². The highest BCUT2D eigenvalue weighted by Gasteiger charge is 2.14. The number of nitrogens with zero attached hydrogens (tertiary/aromatic N) is 2. The first-order chi connectivity index (χ1) is 7.29. The van der Waals surface area contributed by atoms with E-state index in [9.17, 15) is 13.2 Å². The Bertz CT molecular complexity index is 518. The Balaban J connectivity index is 2.82. The molecule has 1 heterocycles. The van der Waals surface area contributed by atoms with Gasteiger partial charge in [0.25, 0.3) is 0 Å². The summed E-state index contributed by atoms with van der Waals surface area (Å²) in [5, 5.41) is 2.16. The number of nitrogens with one attached hydrogen (secondary N) is 1. The largest absolute Gasteiger partial charge is 0.308 e. The maximum absolute atomic E-state index is 11.2. The number of halogens is 2. The van der Waals surface area contributed by atoms with Crippen LogP contribution in [0.3, 0.4) is 0 Å². The number of sulfone groups is 1. The van der Waals surface area contributed by atoms with Gasteiger partial charge in [-0.05, 0) is 0 Å². The van der Waals surface area contributed by atoms with Crippen molar-refractivity contribution in [3.05, 3.63) is 16.5 Å². The zero-order valence-electron chi connectivity index (χ0n) is 8.07. The Labute approximate surface area is 102 Å². The van der Waals surface area contributed by atoms with E-state index < -0.39 is 21.5 Å². The maximum Gasteiger partial charge on any atom is 0.240 e. The van der Waals surface area contributed by atoms with Gasteiger partial charge in [-0.3, -0.25) is 4.79 Å². The first kappa shape index (κ1) is 13.1. The Morgan fingerprint density at radius 2 is 2.06 bits per heavy atom. The van der Waals surface area contributed by atoms with Gasteiger partial charge in [0.1, 0.15) is 17.1 Å². The summed E-state index contributed by atoms with van der Waals surface area (Å²) in [6, 6.07) is 0. The third kappa shape index (κ3) is 3.92. The molecule has 0 unspecified atom stereocenters. The molecule has 0 radical (unpaired) electrons. The normalized spacial score (nSPS) is 11.2. The van der Waals surface area contributed by atoms with Gasteiger partial charge in [0, 0.05) is 6.26 Å². The minimum Gasteiger partial charge on any atom is -0.308 e. The van der Waals surface area contributed by atoms with Crippen molar-refractivity contribution in [2.45, 2.75) is 0 Å². The van der Waals surface area contributed by atoms with E-state index in [0.717, 1.165) is 12.6 Å². The highest BCUT2D eigenvalue weighted by Crippen LogP contribution is 2.25. The molecule has 1 amide bonds. The van der Waals surface area contributed by atoms with Crippen molar-refractivity contribution in [3.63, 3.8) is 0 Å². The van der Waals surface area contributed by atoms with E-state index in [2.05, 4.69) is 15.3 Å². The molecule has 9 heteroatoms. The van der Waals surface area contributed by atoms with E-state index in [0.29, 0.717) is 0 Å². The smallest absolute Gasteiger partial charge is 0.240 e. The fourth-order valence-electron chi connectivity index (χ4n) is 0.842. The molecule has 0 saturated heterocycles. The number of rotatable bonds is 3. The SMILES string of the molecule is CS(=O)(=O)CC(=O)Nc1ncnc(Cl)c1Cl. The molecule has 0 aliphatic rings. The minimum atomic E-state index is -3.40. The molecule has 0 atom stereocenters. The van der Waals surface area contributed by atoms with Crippen LogP contribution in [-0.4, -0.2) is 36.3 Å². The van der Waals surface area contributed by atoms with E-state index in [1.54, 1.807) is 0 Å². The average molecular weight is 284 g/mol. The molecule has 88 valence electrons. The number of carbonyl (C=O) groups excluding carboxylic acids is 1. The van der Waals surface area contributed by atoms with Gasteiger partial charge < -0.3 is 5.32 Å². The van der Waals surface area contributed by atoms with Crippen LogP contribution in [0.25, 0.3) is 0 Å². The number of hydrogen-bond acceptors (Lipinski definition) is 5. The Hall–Kier alpha value is -0.920. The quantitative estimate of drug-likeness (QED) is 0.828. The molecule has 0 aromatic carbocycles. The van der Waals surface area contributed by atoms with Crippen molar-refractivity contribution in [1.29, 1.82) is 0 Å². The summed E-state index contributed by atoms with van der Waals surface area (Å²) in [5.74, 6) is -1.40. The average Bonchev–Trinajstić information content (AvgIpc) is 2.09. The first-order valence-electron chi connectivity index (χ1n) is 3.93. The molecule has 1 aromatic heterocycles. The molecule has 0 spiro atoms. The van der Waals surface area contributed by atoms with Gasteiger partial charge in [0.05, 0.1) is 0 Å². The van der Waals surface area contributed by atoms with Gasteiger partial charge in [0.15, 0.2) is 20.8 Å². The van der Waals surface area contributed by atoms with Gasteiger partial charge in [-0.1, -0.05) is 23.2 Å². The summed E-state index contributed by atoms with van der Waals surface area (Å²) in [4.78, 5) is 18.5. The second kappa shape index (κ2) is 4.94. The van der Waals surface area contributed by atoms with Crippen molar-refractivity contribution in [3.8, 4) is 0 Å². The molecule has 1 aromatic rings. The predicted molar refractivity (Wildman–Crippen MR) is 60.4 cm³/mol. The molecular weight excluding hydrogens is 277 g/mol. The minimum absolute atomic E-state index is 0.0182.